The predicted octanol–water partition coefficient (Wildman–Crippen LogP) is 2.21. The first-order chi connectivity index (χ1) is 18.0. The number of carbonyl (C=O) groups excluding carboxylic acids is 3. The van der Waals surface area contributed by atoms with Crippen molar-refractivity contribution in [2.45, 2.75) is 51.4 Å². The van der Waals surface area contributed by atoms with Crippen LogP contribution in [0.2, 0.25) is 0 Å². The van der Waals surface area contributed by atoms with Gasteiger partial charge in [0.25, 0.3) is 0 Å². The molecule has 2 fully saturated rings. The van der Waals surface area contributed by atoms with E-state index < -0.39 is 35.7 Å². The van der Waals surface area contributed by atoms with Crippen molar-refractivity contribution in [3.63, 3.8) is 0 Å². The average molecular weight is 528 g/mol. The van der Waals surface area contributed by atoms with Crippen molar-refractivity contribution in [2.75, 3.05) is 45.7 Å². The minimum Gasteiger partial charge on any atom is -0.507 e. The molecule has 2 aliphatic carbocycles. The number of aryl methyl sites for hydroxylation is 1. The van der Waals surface area contributed by atoms with Gasteiger partial charge in [0.1, 0.15) is 11.5 Å². The van der Waals surface area contributed by atoms with Crippen LogP contribution < -0.4 is 10.6 Å². The van der Waals surface area contributed by atoms with Crippen LogP contribution >= 0.6 is 0 Å². The summed E-state index contributed by atoms with van der Waals surface area (Å²) >= 11 is 0. The molecule has 3 unspecified atom stereocenters. The first kappa shape index (κ1) is 28.1. The Morgan fingerprint density at radius 3 is 2.45 bits per heavy atom. The van der Waals surface area contributed by atoms with Crippen molar-refractivity contribution < 1.29 is 29.7 Å². The number of likely N-dealkylation sites (tertiary alicyclic amines) is 1. The van der Waals surface area contributed by atoms with Crippen molar-refractivity contribution in [3.8, 4) is 5.75 Å². The molecule has 3 atom stereocenters. The van der Waals surface area contributed by atoms with Gasteiger partial charge in [-0.3, -0.25) is 14.4 Å². The third-order valence-electron chi connectivity index (χ3n) is 8.76. The lowest BCUT2D eigenvalue weighted by molar-refractivity contribution is -0.137. The number of rotatable bonds is 9. The maximum atomic E-state index is 13.7. The van der Waals surface area contributed by atoms with E-state index in [1.54, 1.807) is 0 Å². The maximum Gasteiger partial charge on any atom is 0.224 e. The second kappa shape index (κ2) is 11.5. The molecule has 1 aliphatic heterocycles. The number of anilines is 1. The number of hydrogen-bond acceptors (Lipinski definition) is 8. The fourth-order valence-corrected chi connectivity index (χ4v) is 6.73. The molecule has 0 bridgehead atoms. The predicted molar refractivity (Wildman–Crippen MR) is 145 cm³/mol. The second-order valence-corrected chi connectivity index (χ2v) is 11.6. The number of nitrogens with zero attached hydrogens (tertiary/aromatic N) is 2. The Hall–Kier alpha value is -2.91. The number of hydrogen-bond donors (Lipinski definition) is 4. The number of nitrogens with two attached hydrogens (primary N) is 1. The summed E-state index contributed by atoms with van der Waals surface area (Å²) in [4.78, 5) is 42.3. The van der Waals surface area contributed by atoms with E-state index in [1.807, 2.05) is 25.1 Å². The Balaban J connectivity index is 1.73. The number of piperidine rings is 1. The van der Waals surface area contributed by atoms with Crippen molar-refractivity contribution in [3.05, 3.63) is 28.3 Å². The van der Waals surface area contributed by atoms with E-state index in [-0.39, 0.29) is 41.6 Å². The summed E-state index contributed by atoms with van der Waals surface area (Å²) in [5.74, 6) is -3.60. The molecule has 0 spiro atoms. The van der Waals surface area contributed by atoms with E-state index in [4.69, 9.17) is 5.73 Å². The second-order valence-electron chi connectivity index (χ2n) is 11.6. The van der Waals surface area contributed by atoms with E-state index >= 15 is 0 Å². The van der Waals surface area contributed by atoms with E-state index in [0.29, 0.717) is 25.2 Å². The number of fused-ring (bicyclic) bond motifs is 2. The first-order valence-corrected chi connectivity index (χ1v) is 13.7. The maximum absolute atomic E-state index is 13.7. The lowest BCUT2D eigenvalue weighted by Gasteiger charge is -2.40. The topological polar surface area (TPSA) is 144 Å². The number of amides is 1. The fraction of sp³-hybridized carbons (Fsp3) is 0.621. The third-order valence-corrected chi connectivity index (χ3v) is 8.76. The van der Waals surface area contributed by atoms with Gasteiger partial charge in [0, 0.05) is 32.0 Å². The molecular weight excluding hydrogens is 486 g/mol. The van der Waals surface area contributed by atoms with Crippen LogP contribution in [0.4, 0.5) is 5.69 Å². The first-order valence-electron chi connectivity index (χ1n) is 13.7. The number of primary amides is 1. The number of benzene rings is 1. The summed E-state index contributed by atoms with van der Waals surface area (Å²) in [5.41, 5.74) is 8.05. The Morgan fingerprint density at radius 1 is 1.16 bits per heavy atom. The lowest BCUT2D eigenvalue weighted by atomic mass is 9.63. The number of allylic oxidation sites excluding steroid dienone is 1. The summed E-state index contributed by atoms with van der Waals surface area (Å²) in [6, 6.07) is 2.00. The number of phenolic OH excluding ortho intramolecular Hbond substituents is 1. The molecular formula is C29H41N3O6. The molecule has 4 rings (SSSR count). The van der Waals surface area contributed by atoms with Gasteiger partial charge in [-0.15, -0.1) is 0 Å². The van der Waals surface area contributed by atoms with Crippen molar-refractivity contribution >= 4 is 28.9 Å². The van der Waals surface area contributed by atoms with Crippen LogP contribution in [0, 0.1) is 23.7 Å². The molecule has 0 aromatic heterocycles. The zero-order valence-electron chi connectivity index (χ0n) is 22.7. The van der Waals surface area contributed by atoms with E-state index in [9.17, 15) is 29.7 Å². The van der Waals surface area contributed by atoms with Crippen molar-refractivity contribution in [2.24, 2.45) is 29.4 Å². The molecule has 9 nitrogen and oxygen atoms in total. The molecule has 1 aromatic rings. The van der Waals surface area contributed by atoms with Gasteiger partial charge in [0.05, 0.1) is 17.9 Å². The number of ketones is 2. The molecule has 5 N–H and O–H groups in total. The summed E-state index contributed by atoms with van der Waals surface area (Å²) in [5, 5.41) is 32.5. The fourth-order valence-electron chi connectivity index (χ4n) is 6.73. The Kier molecular flexibility index (Phi) is 8.47. The number of phenols is 1. The Labute approximate surface area is 224 Å². The van der Waals surface area contributed by atoms with Gasteiger partial charge >= 0.3 is 0 Å². The zero-order valence-corrected chi connectivity index (χ0v) is 22.7. The average Bonchev–Trinajstić information content (AvgIpc) is 2.83. The summed E-state index contributed by atoms with van der Waals surface area (Å²) in [6.45, 7) is 1.93. The SMILES string of the molecule is CN1CCC(CCc2cc(N(C)C)c3c(c2O)C(O)=C2C(=O)C(C(=O)CC(N)=O)C(CCO)CC2C3)CC1. The van der Waals surface area contributed by atoms with Crippen LogP contribution in [0.3, 0.4) is 0 Å². The minimum absolute atomic E-state index is 0.00716. The van der Waals surface area contributed by atoms with Gasteiger partial charge in [-0.25, -0.2) is 0 Å². The number of aliphatic hydroxyl groups excluding tert-OH is 2. The molecule has 1 saturated carbocycles. The van der Waals surface area contributed by atoms with Crippen LogP contribution in [-0.2, 0) is 27.2 Å². The largest absolute Gasteiger partial charge is 0.507 e. The highest BCUT2D eigenvalue weighted by molar-refractivity contribution is 6.17. The number of Topliss-reactive ketones (excluding diaryl/α,β-unsaturated/α-hetero) is 2. The van der Waals surface area contributed by atoms with E-state index in [0.717, 1.165) is 49.2 Å². The van der Waals surface area contributed by atoms with E-state index in [1.165, 1.54) is 0 Å². The number of carbonyl (C=O) groups is 3. The number of aromatic hydroxyl groups is 1. The standard InChI is InChI=1S/C29H41N3O6/c1-31(2)21-14-18(5-4-16-6-9-32(3)10-7-16)27(36)26-20(21)13-19-12-17(8-11-33)24(22(34)15-23(30)35)28(37)25(19)29(26)38/h14,16-17,19,24,33,36,38H,4-13,15H2,1-3H3,(H2,30,35). The van der Waals surface area contributed by atoms with Crippen molar-refractivity contribution in [1.29, 1.82) is 0 Å². The monoisotopic (exact) mass is 527 g/mol. The van der Waals surface area contributed by atoms with Crippen LogP contribution in [0.5, 0.6) is 5.75 Å². The third kappa shape index (κ3) is 5.45. The quantitative estimate of drug-likeness (QED) is 0.358. The van der Waals surface area contributed by atoms with Crippen molar-refractivity contribution in [1.82, 2.24) is 4.90 Å². The van der Waals surface area contributed by atoms with Gasteiger partial charge in [-0.1, -0.05) is 0 Å². The zero-order chi connectivity index (χ0) is 27.7. The molecule has 0 radical (unpaired) electrons. The molecule has 1 amide bonds. The summed E-state index contributed by atoms with van der Waals surface area (Å²) in [6.07, 6.45) is 4.32. The van der Waals surface area contributed by atoms with Gasteiger partial charge in [-0.05, 0) is 100 Å². The molecule has 1 heterocycles. The van der Waals surface area contributed by atoms with Gasteiger partial charge in [-0.2, -0.15) is 0 Å². The lowest BCUT2D eigenvalue weighted by Crippen LogP contribution is -2.43. The molecule has 1 aromatic carbocycles. The molecule has 38 heavy (non-hydrogen) atoms. The minimum atomic E-state index is -1.15. The van der Waals surface area contributed by atoms with E-state index in [2.05, 4.69) is 11.9 Å². The molecule has 9 heteroatoms. The highest BCUT2D eigenvalue weighted by Gasteiger charge is 2.48. The van der Waals surface area contributed by atoms with Crippen LogP contribution in [0.25, 0.3) is 5.76 Å². The van der Waals surface area contributed by atoms with Gasteiger partial charge < -0.3 is 30.9 Å². The van der Waals surface area contributed by atoms with Gasteiger partial charge in [0.15, 0.2) is 11.6 Å². The molecule has 208 valence electrons. The smallest absolute Gasteiger partial charge is 0.224 e. The molecule has 1 saturated heterocycles. The number of aliphatic hydroxyl groups is 2. The van der Waals surface area contributed by atoms with Gasteiger partial charge in [0.2, 0.25) is 5.91 Å². The van der Waals surface area contributed by atoms with Crippen LogP contribution in [-0.4, -0.2) is 78.5 Å². The summed E-state index contributed by atoms with van der Waals surface area (Å²) < 4.78 is 0. The Morgan fingerprint density at radius 2 is 1.84 bits per heavy atom. The normalized spacial score (nSPS) is 24.2. The summed E-state index contributed by atoms with van der Waals surface area (Å²) in [7, 11) is 5.97. The Bertz CT molecular complexity index is 1140. The van der Waals surface area contributed by atoms with Crippen LogP contribution in [0.1, 0.15) is 55.2 Å². The van der Waals surface area contributed by atoms with Crippen LogP contribution in [0.15, 0.2) is 11.6 Å². The molecule has 3 aliphatic rings. The highest BCUT2D eigenvalue weighted by Crippen LogP contribution is 2.50. The highest BCUT2D eigenvalue weighted by atomic mass is 16.3.